The Morgan fingerprint density at radius 3 is 2.10 bits per heavy atom. The van der Waals surface area contributed by atoms with Crippen molar-refractivity contribution in [2.75, 3.05) is 6.61 Å². The third-order valence-electron chi connectivity index (χ3n) is 2.51. The molecular weight excluding hydrogens is 272 g/mol. The normalized spacial score (nSPS) is 13.6. The highest BCUT2D eigenvalue weighted by atomic mass is 16.5. The summed E-state index contributed by atoms with van der Waals surface area (Å²) >= 11 is 0. The van der Waals surface area contributed by atoms with E-state index in [1.165, 1.54) is 6.92 Å². The minimum atomic E-state index is -2.03. The molecule has 0 aliphatic rings. The first-order valence-electron chi connectivity index (χ1n) is 5.61. The van der Waals surface area contributed by atoms with E-state index in [1.54, 1.807) is 0 Å². The van der Waals surface area contributed by atoms with Crippen LogP contribution in [0.5, 0.6) is 11.5 Å². The van der Waals surface area contributed by atoms with E-state index < -0.39 is 46.8 Å². The summed E-state index contributed by atoms with van der Waals surface area (Å²) in [5, 5.41) is 47.2. The van der Waals surface area contributed by atoms with Crippen molar-refractivity contribution in [1.29, 1.82) is 0 Å². The van der Waals surface area contributed by atoms with Crippen molar-refractivity contribution in [3.63, 3.8) is 0 Å². The predicted octanol–water partition coefficient (Wildman–Crippen LogP) is -0.247. The number of carbonyl (C=O) groups excluding carboxylic acids is 1. The molecule has 8 nitrogen and oxygen atoms in total. The fourth-order valence-electron chi connectivity index (χ4n) is 1.56. The van der Waals surface area contributed by atoms with Gasteiger partial charge in [0.15, 0.2) is 6.10 Å². The Balaban J connectivity index is 3.13. The zero-order valence-corrected chi connectivity index (χ0v) is 10.5. The third-order valence-corrected chi connectivity index (χ3v) is 2.51. The number of esters is 1. The molecule has 0 heterocycles. The first-order chi connectivity index (χ1) is 9.29. The van der Waals surface area contributed by atoms with E-state index >= 15 is 0 Å². The quantitative estimate of drug-likeness (QED) is 0.466. The summed E-state index contributed by atoms with van der Waals surface area (Å²) in [4.78, 5) is 22.0. The van der Waals surface area contributed by atoms with Crippen molar-refractivity contribution in [3.8, 4) is 11.5 Å². The number of benzene rings is 1. The first-order valence-corrected chi connectivity index (χ1v) is 5.61. The lowest BCUT2D eigenvalue weighted by atomic mass is 10.00. The first kappa shape index (κ1) is 15.7. The van der Waals surface area contributed by atoms with Crippen LogP contribution in [0.3, 0.4) is 0 Å². The van der Waals surface area contributed by atoms with Crippen LogP contribution in [-0.2, 0) is 9.53 Å². The molecule has 110 valence electrons. The maximum absolute atomic E-state index is 11.3. The molecule has 1 aromatic rings. The van der Waals surface area contributed by atoms with Gasteiger partial charge in [0, 0.05) is 0 Å². The molecule has 0 aromatic heterocycles. The molecule has 2 unspecified atom stereocenters. The zero-order chi connectivity index (χ0) is 15.4. The van der Waals surface area contributed by atoms with Crippen LogP contribution in [0.4, 0.5) is 0 Å². The van der Waals surface area contributed by atoms with Crippen LogP contribution < -0.4 is 0 Å². The lowest BCUT2D eigenvalue weighted by Gasteiger charge is -2.19. The second kappa shape index (κ2) is 6.22. The fraction of sp³-hybridized carbons (Fsp3) is 0.333. The van der Waals surface area contributed by atoms with E-state index in [-0.39, 0.29) is 6.61 Å². The number of rotatable bonds is 5. The molecule has 1 rings (SSSR count). The molecule has 0 saturated heterocycles. The highest BCUT2D eigenvalue weighted by Gasteiger charge is 2.31. The molecule has 0 fully saturated rings. The highest BCUT2D eigenvalue weighted by Crippen LogP contribution is 2.36. The minimum Gasteiger partial charge on any atom is -0.507 e. The molecular formula is C12H14O8. The molecule has 8 heteroatoms. The van der Waals surface area contributed by atoms with Gasteiger partial charge < -0.3 is 30.3 Å². The van der Waals surface area contributed by atoms with Crippen molar-refractivity contribution in [1.82, 2.24) is 0 Å². The number of phenolic OH excluding ortho intramolecular Hbond substituents is 2. The molecule has 0 aliphatic carbocycles. The van der Waals surface area contributed by atoms with Crippen LogP contribution in [0.15, 0.2) is 12.1 Å². The summed E-state index contributed by atoms with van der Waals surface area (Å²) in [5.74, 6) is -4.07. The van der Waals surface area contributed by atoms with E-state index in [1.807, 2.05) is 0 Å². The van der Waals surface area contributed by atoms with Crippen LogP contribution in [-0.4, -0.2) is 50.2 Å². The molecule has 0 aliphatic heterocycles. The summed E-state index contributed by atoms with van der Waals surface area (Å²) in [7, 11) is 0. The topological polar surface area (TPSA) is 145 Å². The number of carbonyl (C=O) groups is 2. The number of carboxylic acids is 1. The Kier molecular flexibility index (Phi) is 4.89. The van der Waals surface area contributed by atoms with Crippen LogP contribution in [0.25, 0.3) is 0 Å². The number of hydrogen-bond acceptors (Lipinski definition) is 7. The van der Waals surface area contributed by atoms with E-state index in [9.17, 15) is 30.0 Å². The molecule has 2 atom stereocenters. The van der Waals surface area contributed by atoms with E-state index in [0.717, 1.165) is 12.1 Å². The van der Waals surface area contributed by atoms with Gasteiger partial charge in [0.2, 0.25) is 0 Å². The van der Waals surface area contributed by atoms with Gasteiger partial charge in [-0.2, -0.15) is 0 Å². The van der Waals surface area contributed by atoms with Crippen LogP contribution in [0.1, 0.15) is 28.9 Å². The fourth-order valence-corrected chi connectivity index (χ4v) is 1.56. The summed E-state index contributed by atoms with van der Waals surface area (Å²) in [6.07, 6.45) is -3.99. The minimum absolute atomic E-state index is 0.0292. The standard InChI is InChI=1S/C12H14O8/c1-2-20-12(19)10(16)9(15)8-6(13)3-5(11(17)18)4-7(8)14/h3-4,9-10,13-16H,2H2,1H3,(H,17,18). The SMILES string of the molecule is CCOC(=O)C(O)C(O)c1c(O)cc(C(=O)O)cc1O. The molecule has 5 N–H and O–H groups in total. The van der Waals surface area contributed by atoms with Gasteiger partial charge in [0.25, 0.3) is 0 Å². The number of carboxylic acid groups (broad SMARTS) is 1. The Morgan fingerprint density at radius 2 is 1.70 bits per heavy atom. The molecule has 0 saturated carbocycles. The second-order valence-corrected chi connectivity index (χ2v) is 3.88. The number of aliphatic hydroxyl groups is 2. The van der Waals surface area contributed by atoms with E-state index in [2.05, 4.69) is 4.74 Å². The van der Waals surface area contributed by atoms with E-state index in [0.29, 0.717) is 0 Å². The lowest BCUT2D eigenvalue weighted by Crippen LogP contribution is -2.30. The van der Waals surface area contributed by atoms with Crippen molar-refractivity contribution in [3.05, 3.63) is 23.3 Å². The third kappa shape index (κ3) is 3.16. The number of aromatic hydroxyl groups is 2. The Hall–Kier alpha value is -2.32. The van der Waals surface area contributed by atoms with Crippen molar-refractivity contribution >= 4 is 11.9 Å². The second-order valence-electron chi connectivity index (χ2n) is 3.88. The summed E-state index contributed by atoms with van der Waals surface area (Å²) in [6.45, 7) is 1.46. The smallest absolute Gasteiger partial charge is 0.338 e. The van der Waals surface area contributed by atoms with Gasteiger partial charge in [-0.1, -0.05) is 0 Å². The van der Waals surface area contributed by atoms with Crippen LogP contribution in [0, 0.1) is 0 Å². The molecule has 20 heavy (non-hydrogen) atoms. The van der Waals surface area contributed by atoms with Gasteiger partial charge in [0.05, 0.1) is 17.7 Å². The van der Waals surface area contributed by atoms with Gasteiger partial charge >= 0.3 is 11.9 Å². The Bertz CT molecular complexity index is 501. The Labute approximate surface area is 113 Å². The summed E-state index contributed by atoms with van der Waals surface area (Å²) in [5.41, 5.74) is -0.975. The predicted molar refractivity (Wildman–Crippen MR) is 64.3 cm³/mol. The maximum atomic E-state index is 11.3. The summed E-state index contributed by atoms with van der Waals surface area (Å²) in [6, 6.07) is 1.55. The number of hydrogen-bond donors (Lipinski definition) is 5. The van der Waals surface area contributed by atoms with Gasteiger partial charge in [-0.15, -0.1) is 0 Å². The van der Waals surface area contributed by atoms with Crippen molar-refractivity contribution in [2.24, 2.45) is 0 Å². The van der Waals surface area contributed by atoms with E-state index in [4.69, 9.17) is 5.11 Å². The highest BCUT2D eigenvalue weighted by molar-refractivity contribution is 5.89. The van der Waals surface area contributed by atoms with Gasteiger partial charge in [0.1, 0.15) is 17.6 Å². The largest absolute Gasteiger partial charge is 0.507 e. The number of ether oxygens (including phenoxy) is 1. The van der Waals surface area contributed by atoms with Gasteiger partial charge in [-0.05, 0) is 19.1 Å². The van der Waals surface area contributed by atoms with Crippen LogP contribution >= 0.6 is 0 Å². The van der Waals surface area contributed by atoms with Crippen molar-refractivity contribution in [2.45, 2.75) is 19.1 Å². The molecule has 0 bridgehead atoms. The van der Waals surface area contributed by atoms with Crippen molar-refractivity contribution < 1.29 is 39.9 Å². The average Bonchev–Trinajstić information content (AvgIpc) is 2.36. The molecule has 1 aromatic carbocycles. The zero-order valence-electron chi connectivity index (χ0n) is 10.5. The average molecular weight is 286 g/mol. The Morgan fingerprint density at radius 1 is 1.20 bits per heavy atom. The number of phenols is 2. The number of aromatic carboxylic acids is 1. The molecule has 0 amide bonds. The number of aliphatic hydroxyl groups excluding tert-OH is 2. The van der Waals surface area contributed by atoms with Crippen LogP contribution in [0.2, 0.25) is 0 Å². The maximum Gasteiger partial charge on any atom is 0.338 e. The van der Waals surface area contributed by atoms with Gasteiger partial charge in [-0.3, -0.25) is 0 Å². The molecule has 0 radical (unpaired) electrons. The van der Waals surface area contributed by atoms with Gasteiger partial charge in [-0.25, -0.2) is 9.59 Å². The molecule has 0 spiro atoms. The summed E-state index contributed by atoms with van der Waals surface area (Å²) < 4.78 is 4.48. The lowest BCUT2D eigenvalue weighted by molar-refractivity contribution is -0.159. The monoisotopic (exact) mass is 286 g/mol.